The standard InChI is InChI=1S/C12H23F3N4O/c1-2-3-10(11(16)17-20)19-8-6-18(7-9-19)5-4-12(13,14)15/h10,20H,2-9H2,1H3,(H2,16,17). The first-order valence-corrected chi connectivity index (χ1v) is 6.88. The number of amidine groups is 1. The fourth-order valence-electron chi connectivity index (χ4n) is 2.44. The summed E-state index contributed by atoms with van der Waals surface area (Å²) in [6.45, 7) is 4.48. The normalized spacial score (nSPS) is 21.1. The second kappa shape index (κ2) is 7.68. The van der Waals surface area contributed by atoms with Crippen molar-refractivity contribution < 1.29 is 18.4 Å². The van der Waals surface area contributed by atoms with E-state index in [0.717, 1.165) is 12.8 Å². The Hall–Kier alpha value is -1.02. The van der Waals surface area contributed by atoms with Crippen molar-refractivity contribution in [3.63, 3.8) is 0 Å². The van der Waals surface area contributed by atoms with Crippen LogP contribution in [0.4, 0.5) is 13.2 Å². The lowest BCUT2D eigenvalue weighted by Gasteiger charge is -2.38. The first-order chi connectivity index (χ1) is 9.37. The smallest absolute Gasteiger partial charge is 0.390 e. The lowest BCUT2D eigenvalue weighted by atomic mass is 10.1. The van der Waals surface area contributed by atoms with Gasteiger partial charge in [0, 0.05) is 32.7 Å². The van der Waals surface area contributed by atoms with Crippen LogP contribution in [-0.4, -0.2) is 65.8 Å². The zero-order valence-corrected chi connectivity index (χ0v) is 11.7. The van der Waals surface area contributed by atoms with E-state index in [1.54, 1.807) is 4.90 Å². The summed E-state index contributed by atoms with van der Waals surface area (Å²) in [5, 5.41) is 11.8. The van der Waals surface area contributed by atoms with Crippen LogP contribution in [0.2, 0.25) is 0 Å². The summed E-state index contributed by atoms with van der Waals surface area (Å²) < 4.78 is 36.5. The maximum absolute atomic E-state index is 12.2. The zero-order chi connectivity index (χ0) is 15.2. The summed E-state index contributed by atoms with van der Waals surface area (Å²) in [4.78, 5) is 3.88. The third-order valence-electron chi connectivity index (χ3n) is 3.58. The van der Waals surface area contributed by atoms with Crippen LogP contribution in [-0.2, 0) is 0 Å². The second-order valence-electron chi connectivity index (χ2n) is 5.07. The fourth-order valence-corrected chi connectivity index (χ4v) is 2.44. The predicted molar refractivity (Wildman–Crippen MR) is 70.8 cm³/mol. The molecule has 20 heavy (non-hydrogen) atoms. The minimum absolute atomic E-state index is 0.0410. The van der Waals surface area contributed by atoms with Crippen LogP contribution in [0.3, 0.4) is 0 Å². The summed E-state index contributed by atoms with van der Waals surface area (Å²) >= 11 is 0. The molecule has 5 nitrogen and oxygen atoms in total. The highest BCUT2D eigenvalue weighted by atomic mass is 19.4. The molecule has 1 saturated heterocycles. The molecule has 0 aromatic heterocycles. The monoisotopic (exact) mass is 296 g/mol. The van der Waals surface area contributed by atoms with Crippen molar-refractivity contribution in [1.29, 1.82) is 0 Å². The van der Waals surface area contributed by atoms with Crippen molar-refractivity contribution >= 4 is 5.84 Å². The Kier molecular flexibility index (Phi) is 6.54. The van der Waals surface area contributed by atoms with Crippen LogP contribution in [0.5, 0.6) is 0 Å². The molecular formula is C12H23F3N4O. The lowest BCUT2D eigenvalue weighted by molar-refractivity contribution is -0.138. The Morgan fingerprint density at radius 1 is 1.30 bits per heavy atom. The SMILES string of the molecule is CCCC(C(N)=NO)N1CCN(CCC(F)(F)F)CC1. The Labute approximate surface area is 117 Å². The maximum Gasteiger partial charge on any atom is 0.390 e. The average molecular weight is 296 g/mol. The summed E-state index contributed by atoms with van der Waals surface area (Å²) in [5.74, 6) is 0.176. The summed E-state index contributed by atoms with van der Waals surface area (Å²) in [5.41, 5.74) is 5.68. The predicted octanol–water partition coefficient (Wildman–Crippen LogP) is 1.47. The van der Waals surface area contributed by atoms with Gasteiger partial charge in [0.25, 0.3) is 0 Å². The molecule has 118 valence electrons. The number of oxime groups is 1. The largest absolute Gasteiger partial charge is 0.409 e. The number of nitrogens with zero attached hydrogens (tertiary/aromatic N) is 3. The molecule has 1 heterocycles. The number of rotatable bonds is 6. The summed E-state index contributed by atoms with van der Waals surface area (Å²) in [7, 11) is 0. The Morgan fingerprint density at radius 2 is 1.90 bits per heavy atom. The van der Waals surface area contributed by atoms with Gasteiger partial charge in [-0.15, -0.1) is 0 Å². The van der Waals surface area contributed by atoms with Crippen LogP contribution >= 0.6 is 0 Å². The van der Waals surface area contributed by atoms with Gasteiger partial charge < -0.3 is 15.8 Å². The minimum atomic E-state index is -4.10. The van der Waals surface area contributed by atoms with Gasteiger partial charge in [0.15, 0.2) is 5.84 Å². The van der Waals surface area contributed by atoms with E-state index in [9.17, 15) is 13.2 Å². The molecule has 0 saturated carbocycles. The number of halogens is 3. The summed E-state index contributed by atoms with van der Waals surface area (Å²) in [6, 6.07) is -0.130. The molecule has 1 aliphatic heterocycles. The third kappa shape index (κ3) is 5.54. The molecule has 1 aliphatic rings. The number of piperazine rings is 1. The van der Waals surface area contributed by atoms with Gasteiger partial charge in [0.05, 0.1) is 12.5 Å². The number of alkyl halides is 3. The van der Waals surface area contributed by atoms with Crippen molar-refractivity contribution in [1.82, 2.24) is 9.80 Å². The molecule has 0 amide bonds. The van der Waals surface area contributed by atoms with Crippen molar-refractivity contribution in [2.24, 2.45) is 10.9 Å². The maximum atomic E-state index is 12.2. The first-order valence-electron chi connectivity index (χ1n) is 6.88. The van der Waals surface area contributed by atoms with Crippen LogP contribution < -0.4 is 5.73 Å². The Balaban J connectivity index is 2.43. The molecule has 0 aliphatic carbocycles. The highest BCUT2D eigenvalue weighted by Crippen LogP contribution is 2.20. The van der Waals surface area contributed by atoms with E-state index in [1.165, 1.54) is 0 Å². The molecule has 1 fully saturated rings. The second-order valence-corrected chi connectivity index (χ2v) is 5.07. The van der Waals surface area contributed by atoms with Crippen molar-refractivity contribution in [2.45, 2.75) is 38.4 Å². The average Bonchev–Trinajstić information content (AvgIpc) is 2.41. The van der Waals surface area contributed by atoms with E-state index < -0.39 is 12.6 Å². The van der Waals surface area contributed by atoms with Crippen LogP contribution in [0.1, 0.15) is 26.2 Å². The quantitative estimate of drug-likeness (QED) is 0.337. The van der Waals surface area contributed by atoms with Gasteiger partial charge in [-0.1, -0.05) is 18.5 Å². The van der Waals surface area contributed by atoms with Crippen molar-refractivity contribution in [3.8, 4) is 0 Å². The van der Waals surface area contributed by atoms with E-state index in [4.69, 9.17) is 10.9 Å². The number of hydrogen-bond donors (Lipinski definition) is 2. The van der Waals surface area contributed by atoms with Crippen molar-refractivity contribution in [3.05, 3.63) is 0 Å². The molecule has 0 bridgehead atoms. The molecular weight excluding hydrogens is 273 g/mol. The van der Waals surface area contributed by atoms with E-state index in [-0.39, 0.29) is 18.4 Å². The lowest BCUT2D eigenvalue weighted by Crippen LogP contribution is -2.54. The highest BCUT2D eigenvalue weighted by Gasteiger charge is 2.30. The Bertz CT molecular complexity index is 314. The highest BCUT2D eigenvalue weighted by molar-refractivity contribution is 5.85. The van der Waals surface area contributed by atoms with Gasteiger partial charge in [-0.3, -0.25) is 4.90 Å². The van der Waals surface area contributed by atoms with Gasteiger partial charge in [-0.05, 0) is 6.42 Å². The summed E-state index contributed by atoms with van der Waals surface area (Å²) in [6.07, 6.45) is -3.20. The van der Waals surface area contributed by atoms with Gasteiger partial charge >= 0.3 is 6.18 Å². The van der Waals surface area contributed by atoms with Gasteiger partial charge in [-0.25, -0.2) is 0 Å². The third-order valence-corrected chi connectivity index (χ3v) is 3.58. The topological polar surface area (TPSA) is 65.1 Å². The van der Waals surface area contributed by atoms with E-state index in [0.29, 0.717) is 26.2 Å². The molecule has 0 aromatic carbocycles. The van der Waals surface area contributed by atoms with Gasteiger partial charge in [0.1, 0.15) is 0 Å². The fraction of sp³-hybridized carbons (Fsp3) is 0.917. The van der Waals surface area contributed by atoms with Gasteiger partial charge in [-0.2, -0.15) is 13.2 Å². The Morgan fingerprint density at radius 3 is 2.35 bits per heavy atom. The first kappa shape index (κ1) is 17.0. The van der Waals surface area contributed by atoms with Crippen LogP contribution in [0.25, 0.3) is 0 Å². The van der Waals surface area contributed by atoms with E-state index in [1.807, 2.05) is 6.92 Å². The molecule has 0 spiro atoms. The van der Waals surface area contributed by atoms with Crippen LogP contribution in [0, 0.1) is 0 Å². The molecule has 8 heteroatoms. The van der Waals surface area contributed by atoms with E-state index in [2.05, 4.69) is 10.1 Å². The number of nitrogens with two attached hydrogens (primary N) is 1. The van der Waals surface area contributed by atoms with Crippen molar-refractivity contribution in [2.75, 3.05) is 32.7 Å². The molecule has 3 N–H and O–H groups in total. The molecule has 1 unspecified atom stereocenters. The van der Waals surface area contributed by atoms with Crippen LogP contribution in [0.15, 0.2) is 5.16 Å². The van der Waals surface area contributed by atoms with E-state index >= 15 is 0 Å². The molecule has 0 aromatic rings. The molecule has 1 atom stereocenters. The molecule has 1 rings (SSSR count). The molecule has 0 radical (unpaired) electrons. The minimum Gasteiger partial charge on any atom is -0.409 e. The van der Waals surface area contributed by atoms with Gasteiger partial charge in [0.2, 0.25) is 0 Å². The zero-order valence-electron chi connectivity index (χ0n) is 11.7. The number of hydrogen-bond acceptors (Lipinski definition) is 4.